The van der Waals surface area contributed by atoms with Gasteiger partial charge < -0.3 is 10.2 Å². The molecule has 2 aromatic heterocycles. The third-order valence-electron chi connectivity index (χ3n) is 3.86. The number of benzene rings is 2. The standard InChI is InChI=1S/C18H16N6OS/c1-24(10-12-6-3-2-4-7-12)17-21-16(22-18(25)23-17)20-13-8-5-9-14-15(13)19-11-26-14/h2-9,11H,10H2,1H3,(H2,20,21,22,23,25). The van der Waals surface area contributed by atoms with Crippen LogP contribution < -0.4 is 15.9 Å². The van der Waals surface area contributed by atoms with Crippen LogP contribution in [-0.2, 0) is 6.54 Å². The molecule has 4 aromatic rings. The number of nitrogens with one attached hydrogen (secondary N) is 2. The Labute approximate surface area is 153 Å². The third kappa shape index (κ3) is 3.40. The topological polar surface area (TPSA) is 86.8 Å². The van der Waals surface area contributed by atoms with E-state index in [4.69, 9.17) is 0 Å². The molecule has 0 spiro atoms. The molecule has 26 heavy (non-hydrogen) atoms. The summed E-state index contributed by atoms with van der Waals surface area (Å²) in [6.45, 7) is 0.603. The molecule has 4 rings (SSSR count). The average molecular weight is 364 g/mol. The van der Waals surface area contributed by atoms with E-state index in [0.29, 0.717) is 18.4 Å². The maximum absolute atomic E-state index is 12.0. The number of H-pyrrole nitrogens is 1. The largest absolute Gasteiger partial charge is 0.351 e. The van der Waals surface area contributed by atoms with Crippen LogP contribution in [0.5, 0.6) is 0 Å². The molecule has 7 nitrogen and oxygen atoms in total. The Balaban J connectivity index is 1.62. The zero-order chi connectivity index (χ0) is 17.9. The Hall–Kier alpha value is -3.26. The summed E-state index contributed by atoms with van der Waals surface area (Å²) in [6.07, 6.45) is 0. The minimum atomic E-state index is -0.456. The van der Waals surface area contributed by atoms with Gasteiger partial charge in [0.15, 0.2) is 0 Å². The van der Waals surface area contributed by atoms with Gasteiger partial charge in [0.05, 0.1) is 15.9 Å². The highest BCUT2D eigenvalue weighted by molar-refractivity contribution is 7.16. The molecular formula is C18H16N6OS. The first-order valence-corrected chi connectivity index (χ1v) is 8.90. The highest BCUT2D eigenvalue weighted by Crippen LogP contribution is 2.26. The Kier molecular flexibility index (Phi) is 4.32. The first kappa shape index (κ1) is 16.2. The van der Waals surface area contributed by atoms with Crippen molar-refractivity contribution in [2.45, 2.75) is 6.54 Å². The lowest BCUT2D eigenvalue weighted by Crippen LogP contribution is -2.24. The molecule has 2 aromatic carbocycles. The Morgan fingerprint density at radius 2 is 1.96 bits per heavy atom. The van der Waals surface area contributed by atoms with Gasteiger partial charge in [0.2, 0.25) is 11.9 Å². The van der Waals surface area contributed by atoms with E-state index in [9.17, 15) is 4.79 Å². The van der Waals surface area contributed by atoms with Crippen LogP contribution >= 0.6 is 11.3 Å². The number of anilines is 3. The van der Waals surface area contributed by atoms with Crippen LogP contribution in [0.4, 0.5) is 17.6 Å². The summed E-state index contributed by atoms with van der Waals surface area (Å²) in [5, 5.41) is 3.14. The minimum absolute atomic E-state index is 0.334. The zero-order valence-electron chi connectivity index (χ0n) is 14.0. The number of thiazole rings is 1. The smallest absolute Gasteiger partial charge is 0.339 e. The first-order valence-electron chi connectivity index (χ1n) is 8.02. The number of hydrogen-bond acceptors (Lipinski definition) is 7. The minimum Gasteiger partial charge on any atom is -0.339 e. The highest BCUT2D eigenvalue weighted by atomic mass is 32.1. The van der Waals surface area contributed by atoms with E-state index in [0.717, 1.165) is 21.5 Å². The van der Waals surface area contributed by atoms with E-state index in [1.807, 2.05) is 60.5 Å². The van der Waals surface area contributed by atoms with Crippen molar-refractivity contribution in [3.05, 3.63) is 70.1 Å². The van der Waals surface area contributed by atoms with Crippen molar-refractivity contribution in [1.82, 2.24) is 19.9 Å². The molecular weight excluding hydrogens is 348 g/mol. The van der Waals surface area contributed by atoms with Crippen LogP contribution in [0.2, 0.25) is 0 Å². The molecule has 0 amide bonds. The van der Waals surface area contributed by atoms with Crippen molar-refractivity contribution >= 4 is 39.1 Å². The molecule has 8 heteroatoms. The monoisotopic (exact) mass is 364 g/mol. The molecule has 130 valence electrons. The summed E-state index contributed by atoms with van der Waals surface area (Å²) in [5.41, 5.74) is 4.08. The van der Waals surface area contributed by atoms with Gasteiger partial charge in [-0.05, 0) is 17.7 Å². The summed E-state index contributed by atoms with van der Waals surface area (Å²) >= 11 is 1.56. The SMILES string of the molecule is CN(Cc1ccccc1)c1nc(Nc2cccc3scnc23)[nH]c(=O)n1. The molecule has 0 saturated heterocycles. The summed E-state index contributed by atoms with van der Waals surface area (Å²) < 4.78 is 1.06. The number of rotatable bonds is 5. The van der Waals surface area contributed by atoms with Gasteiger partial charge in [-0.1, -0.05) is 36.4 Å². The zero-order valence-corrected chi connectivity index (χ0v) is 14.8. The Bertz CT molecular complexity index is 1090. The maximum atomic E-state index is 12.0. The van der Waals surface area contributed by atoms with E-state index in [2.05, 4.69) is 25.3 Å². The summed E-state index contributed by atoms with van der Waals surface area (Å²) in [5.74, 6) is 0.686. The fraction of sp³-hybridized carbons (Fsp3) is 0.111. The fourth-order valence-corrected chi connectivity index (χ4v) is 3.35. The molecule has 0 radical (unpaired) electrons. The van der Waals surface area contributed by atoms with Crippen molar-refractivity contribution in [3.63, 3.8) is 0 Å². The second kappa shape index (κ2) is 6.93. The van der Waals surface area contributed by atoms with E-state index in [-0.39, 0.29) is 0 Å². The Morgan fingerprint density at radius 1 is 1.12 bits per heavy atom. The fourth-order valence-electron chi connectivity index (χ4n) is 2.65. The van der Waals surface area contributed by atoms with Crippen molar-refractivity contribution in [2.24, 2.45) is 0 Å². The van der Waals surface area contributed by atoms with Crippen molar-refractivity contribution in [3.8, 4) is 0 Å². The van der Waals surface area contributed by atoms with Gasteiger partial charge in [-0.25, -0.2) is 9.78 Å². The van der Waals surface area contributed by atoms with Gasteiger partial charge >= 0.3 is 5.69 Å². The molecule has 0 unspecified atom stereocenters. The second-order valence-electron chi connectivity index (χ2n) is 5.77. The van der Waals surface area contributed by atoms with Gasteiger partial charge in [0.1, 0.15) is 5.52 Å². The number of hydrogen-bond donors (Lipinski definition) is 2. The van der Waals surface area contributed by atoms with Gasteiger partial charge in [-0.15, -0.1) is 11.3 Å². The van der Waals surface area contributed by atoms with E-state index >= 15 is 0 Å². The predicted octanol–water partition coefficient (Wildman–Crippen LogP) is 3.15. The molecule has 0 fully saturated rings. The number of nitrogens with zero attached hydrogens (tertiary/aromatic N) is 4. The summed E-state index contributed by atoms with van der Waals surface area (Å²) in [4.78, 5) is 29.2. The van der Waals surface area contributed by atoms with Crippen molar-refractivity contribution < 1.29 is 0 Å². The van der Waals surface area contributed by atoms with Crippen molar-refractivity contribution in [1.29, 1.82) is 0 Å². The molecule has 2 heterocycles. The second-order valence-corrected chi connectivity index (χ2v) is 6.66. The summed E-state index contributed by atoms with van der Waals surface area (Å²) in [7, 11) is 1.85. The maximum Gasteiger partial charge on any atom is 0.351 e. The van der Waals surface area contributed by atoms with Crippen molar-refractivity contribution in [2.75, 3.05) is 17.3 Å². The summed E-state index contributed by atoms with van der Waals surface area (Å²) in [6, 6.07) is 15.8. The normalized spacial score (nSPS) is 10.8. The molecule has 0 aliphatic carbocycles. The third-order valence-corrected chi connectivity index (χ3v) is 4.65. The lowest BCUT2D eigenvalue weighted by atomic mass is 10.2. The van der Waals surface area contributed by atoms with Gasteiger partial charge in [0, 0.05) is 13.6 Å². The van der Waals surface area contributed by atoms with Gasteiger partial charge in [0.25, 0.3) is 0 Å². The Morgan fingerprint density at radius 3 is 2.81 bits per heavy atom. The average Bonchev–Trinajstić information content (AvgIpc) is 3.12. The van der Waals surface area contributed by atoms with E-state index < -0.39 is 5.69 Å². The van der Waals surface area contributed by atoms with Crippen LogP contribution in [0.1, 0.15) is 5.56 Å². The van der Waals surface area contributed by atoms with Gasteiger partial charge in [-0.2, -0.15) is 9.97 Å². The van der Waals surface area contributed by atoms with Crippen LogP contribution in [0.3, 0.4) is 0 Å². The van der Waals surface area contributed by atoms with Crippen LogP contribution in [0, 0.1) is 0 Å². The van der Waals surface area contributed by atoms with Crippen LogP contribution in [0.15, 0.2) is 58.8 Å². The molecule has 0 saturated carbocycles. The van der Waals surface area contributed by atoms with Crippen LogP contribution in [0.25, 0.3) is 10.2 Å². The number of fused-ring (bicyclic) bond motifs is 1. The molecule has 0 bridgehead atoms. The predicted molar refractivity (Wildman–Crippen MR) is 104 cm³/mol. The quantitative estimate of drug-likeness (QED) is 0.566. The molecule has 0 aliphatic rings. The molecule has 0 atom stereocenters. The van der Waals surface area contributed by atoms with Gasteiger partial charge in [-0.3, -0.25) is 4.98 Å². The number of aromatic nitrogens is 4. The lowest BCUT2D eigenvalue weighted by Gasteiger charge is -2.17. The lowest BCUT2D eigenvalue weighted by molar-refractivity contribution is 0.842. The van der Waals surface area contributed by atoms with E-state index in [1.165, 1.54) is 0 Å². The molecule has 0 aliphatic heterocycles. The van der Waals surface area contributed by atoms with E-state index in [1.54, 1.807) is 16.8 Å². The number of aromatic amines is 1. The first-order chi connectivity index (χ1) is 12.7. The highest BCUT2D eigenvalue weighted by Gasteiger charge is 2.10. The van der Waals surface area contributed by atoms with Crippen LogP contribution in [-0.4, -0.2) is 27.0 Å². The number of para-hydroxylation sites is 1. The molecule has 2 N–H and O–H groups in total.